The van der Waals surface area contributed by atoms with Gasteiger partial charge in [-0.05, 0) is 17.0 Å². The Morgan fingerprint density at radius 3 is 2.42 bits per heavy atom. The van der Waals surface area contributed by atoms with Crippen LogP contribution in [-0.4, -0.2) is 9.38 Å². The molecule has 2 heterocycles. The Bertz CT molecular complexity index is 687. The molecule has 0 aliphatic carbocycles. The SMILES string of the molecule is CC(C)(C)c1cc(F)c2nc(C(F)F)cc(=O)n2c1. The van der Waals surface area contributed by atoms with E-state index in [-0.39, 0.29) is 11.1 Å². The van der Waals surface area contributed by atoms with E-state index in [1.807, 2.05) is 20.8 Å². The highest BCUT2D eigenvalue weighted by Gasteiger charge is 2.19. The van der Waals surface area contributed by atoms with Crippen LogP contribution < -0.4 is 5.56 Å². The summed E-state index contributed by atoms with van der Waals surface area (Å²) in [6.45, 7) is 5.58. The zero-order chi connectivity index (χ0) is 14.4. The van der Waals surface area contributed by atoms with E-state index < -0.39 is 23.5 Å². The normalized spacial score (nSPS) is 12.4. The second-order valence-corrected chi connectivity index (χ2v) is 5.34. The van der Waals surface area contributed by atoms with Crippen LogP contribution in [0.2, 0.25) is 0 Å². The van der Waals surface area contributed by atoms with Gasteiger partial charge in [0.1, 0.15) is 5.69 Å². The van der Waals surface area contributed by atoms with Gasteiger partial charge in [-0.25, -0.2) is 18.2 Å². The van der Waals surface area contributed by atoms with Gasteiger partial charge in [-0.2, -0.15) is 0 Å². The van der Waals surface area contributed by atoms with Crippen LogP contribution in [0.3, 0.4) is 0 Å². The molecule has 6 heteroatoms. The van der Waals surface area contributed by atoms with Crippen LogP contribution in [0.25, 0.3) is 5.65 Å². The fourth-order valence-electron chi connectivity index (χ4n) is 1.70. The second-order valence-electron chi connectivity index (χ2n) is 5.34. The first-order chi connectivity index (χ1) is 8.70. The van der Waals surface area contributed by atoms with Crippen molar-refractivity contribution in [1.29, 1.82) is 0 Å². The molecule has 19 heavy (non-hydrogen) atoms. The Kier molecular flexibility index (Phi) is 3.12. The van der Waals surface area contributed by atoms with E-state index in [1.165, 1.54) is 12.3 Å². The van der Waals surface area contributed by atoms with Gasteiger partial charge in [0.25, 0.3) is 12.0 Å². The van der Waals surface area contributed by atoms with Gasteiger partial charge in [0.2, 0.25) is 0 Å². The van der Waals surface area contributed by atoms with Crippen LogP contribution in [0.5, 0.6) is 0 Å². The molecular weight excluding hydrogens is 257 g/mol. The maximum absolute atomic E-state index is 13.9. The molecule has 0 atom stereocenters. The van der Waals surface area contributed by atoms with Crippen molar-refractivity contribution in [2.24, 2.45) is 0 Å². The van der Waals surface area contributed by atoms with Crippen LogP contribution >= 0.6 is 0 Å². The molecule has 0 aliphatic heterocycles. The van der Waals surface area contributed by atoms with Crippen molar-refractivity contribution in [1.82, 2.24) is 9.38 Å². The molecule has 0 spiro atoms. The lowest BCUT2D eigenvalue weighted by molar-refractivity contribution is 0.146. The van der Waals surface area contributed by atoms with E-state index in [0.29, 0.717) is 5.56 Å². The highest BCUT2D eigenvalue weighted by molar-refractivity contribution is 5.43. The van der Waals surface area contributed by atoms with Gasteiger partial charge >= 0.3 is 0 Å². The minimum absolute atomic E-state index is 0.365. The van der Waals surface area contributed by atoms with Gasteiger partial charge in [-0.15, -0.1) is 0 Å². The van der Waals surface area contributed by atoms with Crippen molar-refractivity contribution in [2.45, 2.75) is 32.6 Å². The van der Waals surface area contributed by atoms with E-state index in [2.05, 4.69) is 4.98 Å². The molecule has 0 saturated carbocycles. The topological polar surface area (TPSA) is 34.4 Å². The van der Waals surface area contributed by atoms with Crippen molar-refractivity contribution < 1.29 is 13.2 Å². The highest BCUT2D eigenvalue weighted by atomic mass is 19.3. The van der Waals surface area contributed by atoms with Crippen molar-refractivity contribution in [3.05, 3.63) is 45.8 Å². The molecule has 0 amide bonds. The molecule has 0 unspecified atom stereocenters. The van der Waals surface area contributed by atoms with Gasteiger partial charge in [0.05, 0.1) is 0 Å². The highest BCUT2D eigenvalue weighted by Crippen LogP contribution is 2.24. The monoisotopic (exact) mass is 270 g/mol. The first kappa shape index (κ1) is 13.6. The standard InChI is InChI=1S/C13H13F3N2O/c1-13(2,3)7-4-8(14)12-17-9(11(15)16)5-10(19)18(12)6-7/h4-6,11H,1-3H3. The summed E-state index contributed by atoms with van der Waals surface area (Å²) in [6, 6.07) is 1.95. The minimum atomic E-state index is -2.90. The van der Waals surface area contributed by atoms with Gasteiger partial charge < -0.3 is 0 Å². The molecule has 2 aromatic rings. The summed E-state index contributed by atoms with van der Waals surface area (Å²) in [6.07, 6.45) is -1.47. The number of halogens is 3. The lowest BCUT2D eigenvalue weighted by Crippen LogP contribution is -2.20. The molecule has 0 aliphatic rings. The van der Waals surface area contributed by atoms with Crippen molar-refractivity contribution >= 4 is 5.65 Å². The largest absolute Gasteiger partial charge is 0.280 e. The van der Waals surface area contributed by atoms with Crippen LogP contribution in [0.15, 0.2) is 23.1 Å². The van der Waals surface area contributed by atoms with Gasteiger partial charge in [0.15, 0.2) is 11.5 Å². The third-order valence-corrected chi connectivity index (χ3v) is 2.83. The number of alkyl halides is 2. The molecule has 2 aromatic heterocycles. The van der Waals surface area contributed by atoms with Crippen LogP contribution in [0.4, 0.5) is 13.2 Å². The van der Waals surface area contributed by atoms with Gasteiger partial charge in [-0.1, -0.05) is 20.8 Å². The molecule has 0 bridgehead atoms. The minimum Gasteiger partial charge on any atom is -0.269 e. The summed E-state index contributed by atoms with van der Waals surface area (Å²) >= 11 is 0. The number of hydrogen-bond acceptors (Lipinski definition) is 2. The molecule has 3 nitrogen and oxygen atoms in total. The van der Waals surface area contributed by atoms with Crippen LogP contribution in [0.1, 0.15) is 38.5 Å². The number of fused-ring (bicyclic) bond motifs is 1. The molecule has 102 valence electrons. The number of nitrogens with zero attached hydrogens (tertiary/aromatic N) is 2. The molecule has 0 N–H and O–H groups in total. The van der Waals surface area contributed by atoms with E-state index >= 15 is 0 Å². The second kappa shape index (κ2) is 4.36. The zero-order valence-electron chi connectivity index (χ0n) is 10.7. The fourth-order valence-corrected chi connectivity index (χ4v) is 1.70. The quantitative estimate of drug-likeness (QED) is 0.798. The van der Waals surface area contributed by atoms with Crippen LogP contribution in [-0.2, 0) is 5.41 Å². The Hall–Kier alpha value is -1.85. The summed E-state index contributed by atoms with van der Waals surface area (Å²) in [5.41, 5.74) is -1.59. The Morgan fingerprint density at radius 1 is 1.26 bits per heavy atom. The molecule has 0 fully saturated rings. The molecular formula is C13H13F3N2O. The maximum Gasteiger partial charge on any atom is 0.280 e. The number of hydrogen-bond donors (Lipinski definition) is 0. The summed E-state index contributed by atoms with van der Waals surface area (Å²) < 4.78 is 40.0. The lowest BCUT2D eigenvalue weighted by atomic mass is 9.88. The number of pyridine rings is 1. The third-order valence-electron chi connectivity index (χ3n) is 2.83. The van der Waals surface area contributed by atoms with E-state index in [4.69, 9.17) is 0 Å². The Balaban J connectivity index is 2.81. The summed E-state index contributed by atoms with van der Waals surface area (Å²) in [7, 11) is 0. The first-order valence-corrected chi connectivity index (χ1v) is 5.71. The van der Waals surface area contributed by atoms with Gasteiger partial charge in [0, 0.05) is 12.3 Å². The fraction of sp³-hybridized carbons (Fsp3) is 0.385. The average Bonchev–Trinajstić information content (AvgIpc) is 2.28. The van der Waals surface area contributed by atoms with Crippen molar-refractivity contribution in [2.75, 3.05) is 0 Å². The molecule has 0 radical (unpaired) electrons. The van der Waals surface area contributed by atoms with E-state index in [1.54, 1.807) is 0 Å². The van der Waals surface area contributed by atoms with E-state index in [9.17, 15) is 18.0 Å². The summed E-state index contributed by atoms with van der Waals surface area (Å²) in [4.78, 5) is 15.3. The lowest BCUT2D eigenvalue weighted by Gasteiger charge is -2.19. The summed E-state index contributed by atoms with van der Waals surface area (Å²) in [5.74, 6) is -0.785. The third kappa shape index (κ3) is 2.47. The maximum atomic E-state index is 13.9. The first-order valence-electron chi connectivity index (χ1n) is 5.71. The molecule has 0 aromatic carbocycles. The number of rotatable bonds is 1. The smallest absolute Gasteiger partial charge is 0.269 e. The predicted molar refractivity (Wildman–Crippen MR) is 65.1 cm³/mol. The number of aromatic nitrogens is 2. The molecule has 2 rings (SSSR count). The van der Waals surface area contributed by atoms with Gasteiger partial charge in [-0.3, -0.25) is 9.20 Å². The Labute approximate surface area is 107 Å². The van der Waals surface area contributed by atoms with Crippen molar-refractivity contribution in [3.8, 4) is 0 Å². The zero-order valence-corrected chi connectivity index (χ0v) is 10.7. The average molecular weight is 270 g/mol. The van der Waals surface area contributed by atoms with Crippen molar-refractivity contribution in [3.63, 3.8) is 0 Å². The summed E-state index contributed by atoms with van der Waals surface area (Å²) in [5, 5.41) is 0. The van der Waals surface area contributed by atoms with Crippen LogP contribution in [0, 0.1) is 5.82 Å². The van der Waals surface area contributed by atoms with E-state index in [0.717, 1.165) is 10.5 Å². The Morgan fingerprint density at radius 2 is 1.89 bits per heavy atom. The predicted octanol–water partition coefficient (Wildman–Crippen LogP) is 3.07. The molecule has 0 saturated heterocycles.